The first-order chi connectivity index (χ1) is 10.5. The van der Waals surface area contributed by atoms with Crippen molar-refractivity contribution in [1.82, 2.24) is 0 Å². The third kappa shape index (κ3) is 7.09. The highest BCUT2D eigenvalue weighted by Crippen LogP contribution is 2.35. The van der Waals surface area contributed by atoms with E-state index in [0.29, 0.717) is 5.92 Å². The second-order valence-corrected chi connectivity index (χ2v) is 7.80. The lowest BCUT2D eigenvalue weighted by Gasteiger charge is -2.19. The lowest BCUT2D eigenvalue weighted by Crippen LogP contribution is -2.15. The molecular weight excluding hydrogens is 295 g/mol. The Bertz CT molecular complexity index is 467. The number of hydrogen-bond acceptors (Lipinski definition) is 1. The quantitative estimate of drug-likeness (QED) is 0.453. The molecule has 0 saturated carbocycles. The molecule has 1 aromatic carbocycles. The van der Waals surface area contributed by atoms with Crippen molar-refractivity contribution >= 4 is 12.9 Å². The molecule has 1 atom stereocenters. The largest absolute Gasteiger partial charge is 0.356 e. The fourth-order valence-electron chi connectivity index (χ4n) is 2.98. The molecule has 0 radical (unpaired) electrons. The number of rotatable bonds is 11. The van der Waals surface area contributed by atoms with Gasteiger partial charge >= 0.3 is 7.60 Å². The molecule has 0 spiro atoms. The molecule has 0 aliphatic rings. The van der Waals surface area contributed by atoms with Gasteiger partial charge in [0, 0.05) is 0 Å². The second-order valence-electron chi connectivity index (χ2n) is 6.23. The normalized spacial score (nSPS) is 13.3. The van der Waals surface area contributed by atoms with Gasteiger partial charge in [-0.3, -0.25) is 4.57 Å². The lowest BCUT2D eigenvalue weighted by atomic mass is 9.89. The Hall–Kier alpha value is -0.630. The summed E-state index contributed by atoms with van der Waals surface area (Å²) in [5.74, 6) is 0.532. The van der Waals surface area contributed by atoms with Crippen LogP contribution < -0.4 is 5.30 Å². The molecule has 0 saturated heterocycles. The van der Waals surface area contributed by atoms with E-state index < -0.39 is 7.60 Å². The van der Waals surface area contributed by atoms with Gasteiger partial charge in [-0.05, 0) is 24.0 Å². The van der Waals surface area contributed by atoms with Crippen molar-refractivity contribution in [2.75, 3.05) is 0 Å². The van der Waals surface area contributed by atoms with Crippen molar-refractivity contribution in [3.63, 3.8) is 0 Å². The molecule has 0 aliphatic heterocycles. The zero-order valence-corrected chi connectivity index (χ0v) is 14.9. The average Bonchev–Trinajstić information content (AvgIpc) is 2.48. The van der Waals surface area contributed by atoms with E-state index in [-0.39, 0.29) is 5.30 Å². The van der Waals surface area contributed by atoms with Crippen molar-refractivity contribution in [1.29, 1.82) is 0 Å². The van der Waals surface area contributed by atoms with Gasteiger partial charge in [0.15, 0.2) is 0 Å². The van der Waals surface area contributed by atoms with Gasteiger partial charge in [-0.15, -0.1) is 0 Å². The van der Waals surface area contributed by atoms with Crippen LogP contribution in [0, 0.1) is 5.92 Å². The summed E-state index contributed by atoms with van der Waals surface area (Å²) >= 11 is 0. The van der Waals surface area contributed by atoms with Crippen molar-refractivity contribution in [3.8, 4) is 0 Å². The zero-order chi connectivity index (χ0) is 16.4. The Morgan fingerprint density at radius 1 is 0.955 bits per heavy atom. The molecule has 0 heterocycles. The minimum atomic E-state index is -4.17. The third-order valence-electron chi connectivity index (χ3n) is 4.25. The van der Waals surface area contributed by atoms with Crippen LogP contribution >= 0.6 is 7.60 Å². The van der Waals surface area contributed by atoms with E-state index in [0.717, 1.165) is 24.8 Å². The number of hydrogen-bond donors (Lipinski definition) is 2. The highest BCUT2D eigenvalue weighted by atomic mass is 31.2. The summed E-state index contributed by atoms with van der Waals surface area (Å²) in [6, 6.07) is 7.03. The average molecular weight is 326 g/mol. The van der Waals surface area contributed by atoms with Crippen LogP contribution in [-0.2, 0) is 11.0 Å². The fraction of sp³-hybridized carbons (Fsp3) is 0.667. The summed E-state index contributed by atoms with van der Waals surface area (Å²) in [6.45, 7) is 4.41. The second kappa shape index (κ2) is 10.2. The minimum Gasteiger partial charge on any atom is -0.321 e. The van der Waals surface area contributed by atoms with E-state index in [1.54, 1.807) is 12.1 Å². The van der Waals surface area contributed by atoms with Gasteiger partial charge in [-0.2, -0.15) is 0 Å². The molecule has 0 amide bonds. The Labute approximate surface area is 135 Å². The van der Waals surface area contributed by atoms with Crippen LogP contribution in [0.4, 0.5) is 0 Å². The van der Waals surface area contributed by atoms with Crippen LogP contribution in [-0.4, -0.2) is 9.79 Å². The predicted molar refractivity (Wildman–Crippen MR) is 93.6 cm³/mol. The summed E-state index contributed by atoms with van der Waals surface area (Å²) in [6.07, 6.45) is 10.5. The SMILES string of the molecule is CCCCCCC(CCCC)Cc1ccccc1P(=O)(O)O. The van der Waals surface area contributed by atoms with Gasteiger partial charge in [-0.25, -0.2) is 0 Å². The highest BCUT2D eigenvalue weighted by molar-refractivity contribution is 7.60. The van der Waals surface area contributed by atoms with Gasteiger partial charge in [0.05, 0.1) is 5.30 Å². The first-order valence-electron chi connectivity index (χ1n) is 8.63. The van der Waals surface area contributed by atoms with Crippen molar-refractivity contribution < 1.29 is 14.4 Å². The Morgan fingerprint density at radius 2 is 1.59 bits per heavy atom. The molecule has 3 nitrogen and oxygen atoms in total. The molecule has 0 aliphatic carbocycles. The third-order valence-corrected chi connectivity index (χ3v) is 5.31. The van der Waals surface area contributed by atoms with E-state index in [1.807, 2.05) is 12.1 Å². The van der Waals surface area contributed by atoms with Crippen LogP contribution in [0.1, 0.15) is 70.8 Å². The minimum absolute atomic E-state index is 0.213. The van der Waals surface area contributed by atoms with Crippen LogP contribution in [0.5, 0.6) is 0 Å². The van der Waals surface area contributed by atoms with Gasteiger partial charge in [0.2, 0.25) is 0 Å². The van der Waals surface area contributed by atoms with Crippen LogP contribution in [0.3, 0.4) is 0 Å². The Kier molecular flexibility index (Phi) is 9.00. The standard InChI is InChI=1S/C18H31O3P/c1-3-5-7-8-12-16(11-6-4-2)15-17-13-9-10-14-18(17)22(19,20)21/h9-10,13-14,16H,3-8,11-12,15H2,1-2H3,(H2,19,20,21). The molecule has 2 N–H and O–H groups in total. The van der Waals surface area contributed by atoms with Gasteiger partial charge in [-0.1, -0.05) is 83.4 Å². The Morgan fingerprint density at radius 3 is 2.23 bits per heavy atom. The van der Waals surface area contributed by atoms with Crippen molar-refractivity contribution in [2.24, 2.45) is 5.92 Å². The monoisotopic (exact) mass is 326 g/mol. The van der Waals surface area contributed by atoms with Crippen LogP contribution in [0.25, 0.3) is 0 Å². The predicted octanol–water partition coefficient (Wildman–Crippen LogP) is 4.81. The lowest BCUT2D eigenvalue weighted by molar-refractivity contribution is 0.385. The van der Waals surface area contributed by atoms with Gasteiger partial charge < -0.3 is 9.79 Å². The molecule has 0 aromatic heterocycles. The summed E-state index contributed by atoms with van der Waals surface area (Å²) in [4.78, 5) is 19.0. The molecule has 4 heteroatoms. The highest BCUT2D eigenvalue weighted by Gasteiger charge is 2.22. The maximum atomic E-state index is 11.6. The van der Waals surface area contributed by atoms with E-state index in [9.17, 15) is 14.4 Å². The molecule has 0 fully saturated rings. The van der Waals surface area contributed by atoms with Crippen LogP contribution in [0.15, 0.2) is 24.3 Å². The first-order valence-corrected chi connectivity index (χ1v) is 10.2. The van der Waals surface area contributed by atoms with E-state index in [4.69, 9.17) is 0 Å². The van der Waals surface area contributed by atoms with Gasteiger partial charge in [0.25, 0.3) is 0 Å². The molecular formula is C18H31O3P. The smallest absolute Gasteiger partial charge is 0.321 e. The van der Waals surface area contributed by atoms with E-state index in [2.05, 4.69) is 13.8 Å². The summed E-state index contributed by atoms with van der Waals surface area (Å²) in [5, 5.41) is 0.213. The van der Waals surface area contributed by atoms with E-state index in [1.165, 1.54) is 38.5 Å². The van der Waals surface area contributed by atoms with E-state index >= 15 is 0 Å². The number of benzene rings is 1. The van der Waals surface area contributed by atoms with Gasteiger partial charge in [0.1, 0.15) is 0 Å². The summed E-state index contributed by atoms with van der Waals surface area (Å²) in [7, 11) is -4.17. The molecule has 1 aromatic rings. The molecule has 0 bridgehead atoms. The maximum absolute atomic E-state index is 11.6. The first kappa shape index (κ1) is 19.4. The van der Waals surface area contributed by atoms with Crippen molar-refractivity contribution in [2.45, 2.75) is 71.6 Å². The number of unbranched alkanes of at least 4 members (excludes halogenated alkanes) is 4. The molecule has 22 heavy (non-hydrogen) atoms. The summed E-state index contributed by atoms with van der Waals surface area (Å²) < 4.78 is 11.6. The maximum Gasteiger partial charge on any atom is 0.356 e. The fourth-order valence-corrected chi connectivity index (χ4v) is 3.80. The van der Waals surface area contributed by atoms with Crippen molar-refractivity contribution in [3.05, 3.63) is 29.8 Å². The topological polar surface area (TPSA) is 57.5 Å². The zero-order valence-electron chi connectivity index (χ0n) is 14.0. The molecule has 1 rings (SSSR count). The molecule has 126 valence electrons. The van der Waals surface area contributed by atoms with Crippen LogP contribution in [0.2, 0.25) is 0 Å². The summed E-state index contributed by atoms with van der Waals surface area (Å²) in [5.41, 5.74) is 0.826. The molecule has 1 unspecified atom stereocenters. The Balaban J connectivity index is 2.74.